The minimum Gasteiger partial charge on any atom is -0.460 e. The van der Waals surface area contributed by atoms with Crippen molar-refractivity contribution in [1.29, 1.82) is 0 Å². The van der Waals surface area contributed by atoms with Crippen LogP contribution in [0.1, 0.15) is 24.5 Å². The number of nitrogens with zero attached hydrogens (tertiary/aromatic N) is 2. The van der Waals surface area contributed by atoms with Crippen molar-refractivity contribution in [3.05, 3.63) is 53.9 Å². The summed E-state index contributed by atoms with van der Waals surface area (Å²) >= 11 is 0. The Kier molecular flexibility index (Phi) is 2.93. The topological polar surface area (TPSA) is 60.5 Å². The number of nitrogens with two attached hydrogens (primary N) is 1. The Balaban J connectivity index is 1.76. The molecule has 2 N–H and O–H groups in total. The molecule has 0 unspecified atom stereocenters. The van der Waals surface area contributed by atoms with Gasteiger partial charge in [-0.1, -0.05) is 18.2 Å². The van der Waals surface area contributed by atoms with E-state index in [9.17, 15) is 0 Å². The van der Waals surface area contributed by atoms with Crippen LogP contribution in [-0.2, 0) is 17.6 Å². The molecular weight excluding hydrogens is 274 g/mol. The first-order valence-corrected chi connectivity index (χ1v) is 7.71. The van der Waals surface area contributed by atoms with Crippen LogP contribution in [-0.4, -0.2) is 22.6 Å². The number of hydrogen-bond acceptors (Lipinski definition) is 4. The van der Waals surface area contributed by atoms with Crippen molar-refractivity contribution >= 4 is 6.02 Å². The molecule has 4 heteroatoms. The Morgan fingerprint density at radius 3 is 2.77 bits per heavy atom. The first kappa shape index (κ1) is 13.3. The van der Waals surface area contributed by atoms with Crippen LogP contribution in [0.4, 0.5) is 0 Å². The molecule has 1 aromatic carbocycles. The van der Waals surface area contributed by atoms with Crippen molar-refractivity contribution in [2.75, 3.05) is 0 Å². The van der Waals surface area contributed by atoms with Gasteiger partial charge < -0.3 is 10.5 Å². The molecule has 2 aliphatic rings. The molecule has 112 valence electrons. The third-order valence-corrected chi connectivity index (χ3v) is 4.96. The van der Waals surface area contributed by atoms with E-state index in [0.29, 0.717) is 6.02 Å². The lowest BCUT2D eigenvalue weighted by atomic mass is 9.74. The number of fused-ring (bicyclic) bond motifs is 1. The zero-order chi connectivity index (χ0) is 15.2. The van der Waals surface area contributed by atoms with E-state index in [0.717, 1.165) is 19.3 Å². The summed E-state index contributed by atoms with van der Waals surface area (Å²) < 4.78 is 5.60. The van der Waals surface area contributed by atoms with Crippen LogP contribution in [0.2, 0.25) is 0 Å². The number of hydrogen-bond donors (Lipinski definition) is 1. The number of rotatable bonds is 1. The van der Waals surface area contributed by atoms with Crippen LogP contribution >= 0.6 is 0 Å². The minimum atomic E-state index is -0.187. The Morgan fingerprint density at radius 2 is 2.05 bits per heavy atom. The molecule has 22 heavy (non-hydrogen) atoms. The number of amidine groups is 1. The van der Waals surface area contributed by atoms with Crippen LogP contribution in [0, 0.1) is 0 Å². The molecule has 4 nitrogen and oxygen atoms in total. The number of aromatic nitrogens is 1. The number of benzene rings is 1. The Hall–Kier alpha value is -2.36. The Morgan fingerprint density at radius 1 is 1.23 bits per heavy atom. The molecule has 0 radical (unpaired) electrons. The fourth-order valence-electron chi connectivity index (χ4n) is 3.73. The minimum absolute atomic E-state index is 0.0465. The summed E-state index contributed by atoms with van der Waals surface area (Å²) in [5.41, 5.74) is 10.9. The molecule has 0 fully saturated rings. The zero-order valence-corrected chi connectivity index (χ0v) is 12.6. The summed E-state index contributed by atoms with van der Waals surface area (Å²) in [5.74, 6) is 0. The maximum atomic E-state index is 5.79. The second-order valence-corrected chi connectivity index (χ2v) is 6.17. The van der Waals surface area contributed by atoms with Gasteiger partial charge in [0.25, 0.3) is 6.02 Å². The molecule has 1 spiro atoms. The highest BCUT2D eigenvalue weighted by molar-refractivity contribution is 5.75. The highest BCUT2D eigenvalue weighted by Gasteiger charge is 2.45. The van der Waals surface area contributed by atoms with E-state index in [1.54, 1.807) is 0 Å². The second kappa shape index (κ2) is 4.83. The van der Waals surface area contributed by atoms with Gasteiger partial charge in [-0.2, -0.15) is 0 Å². The van der Waals surface area contributed by atoms with E-state index in [1.165, 1.54) is 22.3 Å². The van der Waals surface area contributed by atoms with Gasteiger partial charge in [0.05, 0.1) is 0 Å². The molecule has 1 aliphatic heterocycles. The summed E-state index contributed by atoms with van der Waals surface area (Å²) in [6.45, 7) is 2.07. The fraction of sp³-hybridized carbons (Fsp3) is 0.333. The summed E-state index contributed by atoms with van der Waals surface area (Å²) in [4.78, 5) is 8.73. The molecule has 0 saturated carbocycles. The van der Waals surface area contributed by atoms with E-state index in [1.807, 2.05) is 12.4 Å². The van der Waals surface area contributed by atoms with Crippen LogP contribution in [0.3, 0.4) is 0 Å². The largest absolute Gasteiger partial charge is 0.460 e. The van der Waals surface area contributed by atoms with Crippen molar-refractivity contribution in [2.24, 2.45) is 10.7 Å². The summed E-state index contributed by atoms with van der Waals surface area (Å²) in [6.07, 6.45) is 6.60. The van der Waals surface area contributed by atoms with Crippen LogP contribution in [0.15, 0.2) is 47.7 Å². The maximum absolute atomic E-state index is 5.79. The molecule has 4 rings (SSSR count). The monoisotopic (exact) mass is 293 g/mol. The quantitative estimate of drug-likeness (QED) is 0.879. The standard InChI is InChI=1S/C18H19N3O/c1-12-18(21-17(19)22-12)8-5-16-14(11-18)3-2-4-15(16)13-6-9-20-10-7-13/h2-4,6-7,9-10,12H,5,8,11H2,1H3,(H2,19,21)/t12-,18-/m0/s1. The van der Waals surface area contributed by atoms with Crippen LogP contribution < -0.4 is 5.73 Å². The Labute approximate surface area is 130 Å². The lowest BCUT2D eigenvalue weighted by Gasteiger charge is -2.35. The molecule has 2 heterocycles. The predicted molar refractivity (Wildman–Crippen MR) is 86.6 cm³/mol. The molecule has 0 saturated heterocycles. The van der Waals surface area contributed by atoms with Gasteiger partial charge in [0.2, 0.25) is 0 Å². The highest BCUT2D eigenvalue weighted by atomic mass is 16.5. The number of aliphatic imine (C=N–C) groups is 1. The van der Waals surface area contributed by atoms with E-state index in [2.05, 4.69) is 47.2 Å². The van der Waals surface area contributed by atoms with Gasteiger partial charge in [-0.05, 0) is 54.2 Å². The molecule has 1 aliphatic carbocycles. The lowest BCUT2D eigenvalue weighted by molar-refractivity contribution is 0.140. The van der Waals surface area contributed by atoms with Gasteiger partial charge in [0.1, 0.15) is 11.6 Å². The summed E-state index contributed by atoms with van der Waals surface area (Å²) in [7, 11) is 0. The van der Waals surface area contributed by atoms with Crippen molar-refractivity contribution < 1.29 is 4.74 Å². The molecule has 1 aromatic heterocycles. The van der Waals surface area contributed by atoms with E-state index >= 15 is 0 Å². The van der Waals surface area contributed by atoms with Crippen molar-refractivity contribution in [1.82, 2.24) is 4.98 Å². The molecule has 2 atom stereocenters. The van der Waals surface area contributed by atoms with Crippen molar-refractivity contribution in [3.63, 3.8) is 0 Å². The highest BCUT2D eigenvalue weighted by Crippen LogP contribution is 2.41. The van der Waals surface area contributed by atoms with Crippen LogP contribution in [0.5, 0.6) is 0 Å². The third-order valence-electron chi connectivity index (χ3n) is 4.96. The average Bonchev–Trinajstić information content (AvgIpc) is 2.80. The number of ether oxygens (including phenoxy) is 1. The first-order valence-electron chi connectivity index (χ1n) is 7.71. The predicted octanol–water partition coefficient (Wildman–Crippen LogP) is 2.71. The lowest BCUT2D eigenvalue weighted by Crippen LogP contribution is -2.41. The second-order valence-electron chi connectivity index (χ2n) is 6.17. The first-order chi connectivity index (χ1) is 10.7. The SMILES string of the molecule is C[C@@H]1OC(N)=N[C@]12CCc1c(cccc1-c1ccncc1)C2. The maximum Gasteiger partial charge on any atom is 0.282 e. The van der Waals surface area contributed by atoms with Gasteiger partial charge in [0.15, 0.2) is 0 Å². The van der Waals surface area contributed by atoms with Gasteiger partial charge in [0, 0.05) is 18.8 Å². The van der Waals surface area contributed by atoms with Gasteiger partial charge in [-0.3, -0.25) is 4.98 Å². The van der Waals surface area contributed by atoms with E-state index < -0.39 is 0 Å². The molecule has 2 aromatic rings. The van der Waals surface area contributed by atoms with Gasteiger partial charge in [-0.15, -0.1) is 0 Å². The Bertz CT molecular complexity index is 741. The molecule has 0 amide bonds. The van der Waals surface area contributed by atoms with E-state index in [-0.39, 0.29) is 11.6 Å². The van der Waals surface area contributed by atoms with Gasteiger partial charge >= 0.3 is 0 Å². The summed E-state index contributed by atoms with van der Waals surface area (Å²) in [5, 5.41) is 0. The van der Waals surface area contributed by atoms with Crippen molar-refractivity contribution in [3.8, 4) is 11.1 Å². The fourth-order valence-corrected chi connectivity index (χ4v) is 3.73. The normalized spacial score (nSPS) is 26.4. The molecule has 0 bridgehead atoms. The van der Waals surface area contributed by atoms with Gasteiger partial charge in [-0.25, -0.2) is 4.99 Å². The number of pyridine rings is 1. The third kappa shape index (κ3) is 1.98. The zero-order valence-electron chi connectivity index (χ0n) is 12.6. The van der Waals surface area contributed by atoms with Crippen LogP contribution in [0.25, 0.3) is 11.1 Å². The summed E-state index contributed by atoms with van der Waals surface area (Å²) in [6, 6.07) is 11.0. The average molecular weight is 293 g/mol. The van der Waals surface area contributed by atoms with E-state index in [4.69, 9.17) is 10.5 Å². The van der Waals surface area contributed by atoms with Crippen molar-refractivity contribution in [2.45, 2.75) is 37.8 Å². The molecular formula is C18H19N3O. The smallest absolute Gasteiger partial charge is 0.282 e.